The van der Waals surface area contributed by atoms with E-state index in [-0.39, 0.29) is 11.8 Å². The standard InChI is InChI=1S/C12H17NO2/c1-9-6-4-5-7-12(9)8-13(10(2)14)11(3)15/h8H,1,4-7H2,2-3H3/b12-8+. The maximum atomic E-state index is 11.2. The topological polar surface area (TPSA) is 37.4 Å². The third kappa shape index (κ3) is 3.05. The van der Waals surface area contributed by atoms with Gasteiger partial charge in [0.25, 0.3) is 0 Å². The van der Waals surface area contributed by atoms with Gasteiger partial charge in [0.05, 0.1) is 0 Å². The van der Waals surface area contributed by atoms with Crippen molar-refractivity contribution in [2.75, 3.05) is 0 Å². The molecule has 0 aromatic heterocycles. The summed E-state index contributed by atoms with van der Waals surface area (Å²) in [6, 6.07) is 0. The zero-order valence-corrected chi connectivity index (χ0v) is 9.38. The van der Waals surface area contributed by atoms with Crippen LogP contribution in [0.15, 0.2) is 23.9 Å². The second-order valence-corrected chi connectivity index (χ2v) is 3.87. The van der Waals surface area contributed by atoms with Gasteiger partial charge in [-0.25, -0.2) is 0 Å². The fraction of sp³-hybridized carbons (Fsp3) is 0.500. The lowest BCUT2D eigenvalue weighted by atomic mass is 9.91. The molecule has 2 amide bonds. The van der Waals surface area contributed by atoms with Gasteiger partial charge in [0.15, 0.2) is 0 Å². The average Bonchev–Trinajstić information content (AvgIpc) is 2.15. The van der Waals surface area contributed by atoms with Gasteiger partial charge in [0.2, 0.25) is 11.8 Å². The number of carbonyl (C=O) groups excluding carboxylic acids is 2. The molecule has 0 radical (unpaired) electrons. The summed E-state index contributed by atoms with van der Waals surface area (Å²) in [5.41, 5.74) is 2.08. The lowest BCUT2D eigenvalue weighted by Gasteiger charge is -2.20. The van der Waals surface area contributed by atoms with Crippen molar-refractivity contribution < 1.29 is 9.59 Å². The highest BCUT2D eigenvalue weighted by Gasteiger charge is 2.15. The van der Waals surface area contributed by atoms with Crippen LogP contribution >= 0.6 is 0 Å². The Labute approximate surface area is 90.5 Å². The highest BCUT2D eigenvalue weighted by atomic mass is 16.2. The maximum absolute atomic E-state index is 11.2. The summed E-state index contributed by atoms with van der Waals surface area (Å²) in [5, 5.41) is 0. The first-order valence-corrected chi connectivity index (χ1v) is 5.21. The van der Waals surface area contributed by atoms with Gasteiger partial charge in [-0.15, -0.1) is 0 Å². The molecule has 1 saturated carbocycles. The molecule has 3 heteroatoms. The van der Waals surface area contributed by atoms with E-state index in [1.54, 1.807) is 6.20 Å². The SMILES string of the molecule is C=C1CCCC/C1=C\N(C(C)=O)C(C)=O. The van der Waals surface area contributed by atoms with Crippen LogP contribution in [-0.2, 0) is 9.59 Å². The Bertz CT molecular complexity index is 315. The molecule has 0 aromatic carbocycles. The first kappa shape index (κ1) is 11.7. The van der Waals surface area contributed by atoms with Gasteiger partial charge in [-0.05, 0) is 31.3 Å². The van der Waals surface area contributed by atoms with Crippen molar-refractivity contribution >= 4 is 11.8 Å². The lowest BCUT2D eigenvalue weighted by Crippen LogP contribution is -2.28. The van der Waals surface area contributed by atoms with Gasteiger partial charge in [0, 0.05) is 20.0 Å². The van der Waals surface area contributed by atoms with E-state index in [4.69, 9.17) is 0 Å². The second kappa shape index (κ2) is 4.91. The number of allylic oxidation sites excluding steroid dienone is 2. The predicted octanol–water partition coefficient (Wildman–Crippen LogP) is 2.40. The molecular weight excluding hydrogens is 190 g/mol. The smallest absolute Gasteiger partial charge is 0.230 e. The fourth-order valence-electron chi connectivity index (χ4n) is 1.71. The molecule has 0 atom stereocenters. The van der Waals surface area contributed by atoms with Crippen LogP contribution < -0.4 is 0 Å². The van der Waals surface area contributed by atoms with E-state index in [1.165, 1.54) is 13.8 Å². The number of imide groups is 1. The van der Waals surface area contributed by atoms with E-state index in [2.05, 4.69) is 6.58 Å². The highest BCUT2D eigenvalue weighted by Crippen LogP contribution is 2.27. The zero-order chi connectivity index (χ0) is 11.4. The monoisotopic (exact) mass is 207 g/mol. The predicted molar refractivity (Wildman–Crippen MR) is 58.9 cm³/mol. The highest BCUT2D eigenvalue weighted by molar-refractivity contribution is 5.94. The van der Waals surface area contributed by atoms with Crippen molar-refractivity contribution in [1.82, 2.24) is 4.90 Å². The van der Waals surface area contributed by atoms with Gasteiger partial charge in [-0.1, -0.05) is 12.2 Å². The Balaban J connectivity index is 2.86. The van der Waals surface area contributed by atoms with Crippen LogP contribution in [-0.4, -0.2) is 16.7 Å². The normalized spacial score (nSPS) is 19.1. The second-order valence-electron chi connectivity index (χ2n) is 3.87. The quantitative estimate of drug-likeness (QED) is 0.662. The van der Waals surface area contributed by atoms with E-state index in [9.17, 15) is 9.59 Å². The van der Waals surface area contributed by atoms with Crippen LogP contribution in [0.4, 0.5) is 0 Å². The summed E-state index contributed by atoms with van der Waals surface area (Å²) in [6.07, 6.45) is 5.78. The summed E-state index contributed by atoms with van der Waals surface area (Å²) in [4.78, 5) is 23.6. The summed E-state index contributed by atoms with van der Waals surface area (Å²) in [7, 11) is 0. The van der Waals surface area contributed by atoms with Crippen molar-refractivity contribution in [3.63, 3.8) is 0 Å². The summed E-state index contributed by atoms with van der Waals surface area (Å²) < 4.78 is 0. The average molecular weight is 207 g/mol. The summed E-state index contributed by atoms with van der Waals surface area (Å²) in [5.74, 6) is -0.484. The van der Waals surface area contributed by atoms with Gasteiger partial charge >= 0.3 is 0 Å². The van der Waals surface area contributed by atoms with E-state index in [0.29, 0.717) is 0 Å². The maximum Gasteiger partial charge on any atom is 0.230 e. The summed E-state index contributed by atoms with van der Waals surface area (Å²) in [6.45, 7) is 6.74. The van der Waals surface area contributed by atoms with Crippen LogP contribution in [0.1, 0.15) is 39.5 Å². The lowest BCUT2D eigenvalue weighted by molar-refractivity contribution is -0.138. The van der Waals surface area contributed by atoms with Crippen LogP contribution in [0.5, 0.6) is 0 Å². The Kier molecular flexibility index (Phi) is 3.83. The van der Waals surface area contributed by atoms with E-state index in [1.807, 2.05) is 0 Å². The molecule has 0 aromatic rings. The van der Waals surface area contributed by atoms with Gasteiger partial charge in [-0.2, -0.15) is 0 Å². The van der Waals surface area contributed by atoms with Crippen LogP contribution in [0.3, 0.4) is 0 Å². The van der Waals surface area contributed by atoms with Gasteiger partial charge in [-0.3, -0.25) is 14.5 Å². The molecule has 1 fully saturated rings. The third-order valence-electron chi connectivity index (χ3n) is 2.59. The molecule has 15 heavy (non-hydrogen) atoms. The van der Waals surface area contributed by atoms with Crippen molar-refractivity contribution in [2.24, 2.45) is 0 Å². The number of nitrogens with zero attached hydrogens (tertiary/aromatic N) is 1. The minimum atomic E-state index is -0.242. The molecule has 0 unspecified atom stereocenters. The fourth-order valence-corrected chi connectivity index (χ4v) is 1.71. The Hall–Kier alpha value is -1.38. The molecule has 0 heterocycles. The van der Waals surface area contributed by atoms with Crippen LogP contribution in [0.2, 0.25) is 0 Å². The zero-order valence-electron chi connectivity index (χ0n) is 9.38. The van der Waals surface area contributed by atoms with Crippen molar-refractivity contribution in [3.05, 3.63) is 23.9 Å². The molecule has 0 aliphatic heterocycles. The number of rotatable bonds is 1. The molecule has 1 aliphatic rings. The van der Waals surface area contributed by atoms with Gasteiger partial charge < -0.3 is 0 Å². The molecule has 0 spiro atoms. The van der Waals surface area contributed by atoms with Crippen LogP contribution in [0, 0.1) is 0 Å². The number of hydrogen-bond acceptors (Lipinski definition) is 2. The number of hydrogen-bond donors (Lipinski definition) is 0. The number of carbonyl (C=O) groups is 2. The first-order chi connectivity index (χ1) is 7.02. The minimum Gasteiger partial charge on any atom is -0.274 e. The summed E-state index contributed by atoms with van der Waals surface area (Å²) >= 11 is 0. The third-order valence-corrected chi connectivity index (χ3v) is 2.59. The van der Waals surface area contributed by atoms with E-state index in [0.717, 1.165) is 41.7 Å². The Morgan fingerprint density at radius 1 is 1.20 bits per heavy atom. The first-order valence-electron chi connectivity index (χ1n) is 5.21. The molecule has 82 valence electrons. The van der Waals surface area contributed by atoms with Crippen molar-refractivity contribution in [3.8, 4) is 0 Å². The van der Waals surface area contributed by atoms with Crippen LogP contribution in [0.25, 0.3) is 0 Å². The molecular formula is C12H17NO2. The van der Waals surface area contributed by atoms with E-state index < -0.39 is 0 Å². The van der Waals surface area contributed by atoms with Crippen molar-refractivity contribution in [2.45, 2.75) is 39.5 Å². The molecule has 3 nitrogen and oxygen atoms in total. The van der Waals surface area contributed by atoms with E-state index >= 15 is 0 Å². The molecule has 0 bridgehead atoms. The van der Waals surface area contributed by atoms with Gasteiger partial charge in [0.1, 0.15) is 0 Å². The minimum absolute atomic E-state index is 0.242. The van der Waals surface area contributed by atoms with Crippen molar-refractivity contribution in [1.29, 1.82) is 0 Å². The molecule has 1 aliphatic carbocycles. The Morgan fingerprint density at radius 2 is 1.73 bits per heavy atom. The molecule has 0 N–H and O–H groups in total. The Morgan fingerprint density at radius 3 is 2.20 bits per heavy atom. The molecule has 1 rings (SSSR count). The largest absolute Gasteiger partial charge is 0.274 e. The number of amides is 2. The molecule has 0 saturated heterocycles.